The van der Waals surface area contributed by atoms with Crippen LogP contribution in [0.5, 0.6) is 0 Å². The molecular formula is C19H23N5O2. The molecule has 0 saturated carbocycles. The summed E-state index contributed by atoms with van der Waals surface area (Å²) >= 11 is 0. The molecule has 1 aliphatic heterocycles. The Morgan fingerprint density at radius 3 is 2.73 bits per heavy atom. The van der Waals surface area contributed by atoms with Crippen molar-refractivity contribution in [3.8, 4) is 0 Å². The van der Waals surface area contributed by atoms with Crippen molar-refractivity contribution < 1.29 is 9.21 Å². The second kappa shape index (κ2) is 5.93. The van der Waals surface area contributed by atoms with Crippen LogP contribution in [-0.2, 0) is 13.0 Å². The minimum Gasteiger partial charge on any atom is -0.445 e. The van der Waals surface area contributed by atoms with Crippen LogP contribution in [0.1, 0.15) is 64.6 Å². The molecule has 1 amide bonds. The summed E-state index contributed by atoms with van der Waals surface area (Å²) in [7, 11) is 0. The monoisotopic (exact) mass is 353 g/mol. The third-order valence-electron chi connectivity index (χ3n) is 4.81. The fourth-order valence-electron chi connectivity index (χ4n) is 3.47. The fourth-order valence-corrected chi connectivity index (χ4v) is 3.47. The molecule has 3 aromatic heterocycles. The van der Waals surface area contributed by atoms with E-state index in [1.165, 1.54) is 0 Å². The average molecular weight is 353 g/mol. The summed E-state index contributed by atoms with van der Waals surface area (Å²) in [5.41, 5.74) is 4.61. The third-order valence-corrected chi connectivity index (χ3v) is 4.81. The van der Waals surface area contributed by atoms with Crippen LogP contribution >= 0.6 is 0 Å². The van der Waals surface area contributed by atoms with Gasteiger partial charge in [0.15, 0.2) is 11.5 Å². The maximum atomic E-state index is 13.2. The van der Waals surface area contributed by atoms with Gasteiger partial charge in [-0.05, 0) is 26.8 Å². The number of aromatic nitrogens is 4. The van der Waals surface area contributed by atoms with Crippen molar-refractivity contribution >= 4 is 11.6 Å². The molecule has 0 radical (unpaired) electrons. The number of nitrogens with zero attached hydrogens (tertiary/aromatic N) is 5. The standard InChI is InChI=1S/C19H23N5O2/c1-10(2)18-21-14-9-23(7-6-15(14)26-18)19(25)16-13(5)22-24-12(4)8-11(3)20-17(16)24/h8,10H,6-7,9H2,1-5H3. The first kappa shape index (κ1) is 16.8. The van der Waals surface area contributed by atoms with Crippen molar-refractivity contribution in [2.75, 3.05) is 6.54 Å². The molecule has 0 saturated heterocycles. The number of fused-ring (bicyclic) bond motifs is 2. The van der Waals surface area contributed by atoms with E-state index in [4.69, 9.17) is 4.42 Å². The Balaban J connectivity index is 1.70. The summed E-state index contributed by atoms with van der Waals surface area (Å²) < 4.78 is 7.58. The molecule has 3 aromatic rings. The predicted octanol–water partition coefficient (Wildman–Crippen LogP) is 2.96. The van der Waals surface area contributed by atoms with E-state index in [-0.39, 0.29) is 11.8 Å². The molecule has 0 unspecified atom stereocenters. The first-order valence-corrected chi connectivity index (χ1v) is 8.96. The largest absolute Gasteiger partial charge is 0.445 e. The van der Waals surface area contributed by atoms with Gasteiger partial charge in [-0.2, -0.15) is 5.10 Å². The minimum absolute atomic E-state index is 0.0465. The molecule has 0 fully saturated rings. The number of amides is 1. The van der Waals surface area contributed by atoms with Gasteiger partial charge in [0, 0.05) is 30.3 Å². The molecule has 4 heterocycles. The Bertz CT molecular complexity index is 1010. The maximum absolute atomic E-state index is 13.2. The summed E-state index contributed by atoms with van der Waals surface area (Å²) in [6.07, 6.45) is 0.685. The van der Waals surface area contributed by atoms with Crippen molar-refractivity contribution in [1.29, 1.82) is 0 Å². The van der Waals surface area contributed by atoms with Gasteiger partial charge in [0.25, 0.3) is 5.91 Å². The fraction of sp³-hybridized carbons (Fsp3) is 0.474. The molecular weight excluding hydrogens is 330 g/mol. The predicted molar refractivity (Wildman–Crippen MR) is 96.2 cm³/mol. The van der Waals surface area contributed by atoms with Crippen molar-refractivity contribution in [3.63, 3.8) is 0 Å². The highest BCUT2D eigenvalue weighted by atomic mass is 16.4. The SMILES string of the molecule is Cc1cc(C)n2nc(C)c(C(=O)N3CCc4oc(C(C)C)nc4C3)c2n1. The lowest BCUT2D eigenvalue weighted by atomic mass is 10.1. The third kappa shape index (κ3) is 2.58. The molecule has 0 aromatic carbocycles. The second-order valence-electron chi connectivity index (χ2n) is 7.29. The van der Waals surface area contributed by atoms with E-state index in [9.17, 15) is 4.79 Å². The van der Waals surface area contributed by atoms with Crippen LogP contribution in [0, 0.1) is 20.8 Å². The van der Waals surface area contributed by atoms with Gasteiger partial charge in [0.1, 0.15) is 17.0 Å². The van der Waals surface area contributed by atoms with Crippen LogP contribution < -0.4 is 0 Å². The molecule has 4 rings (SSSR count). The Labute approximate surface area is 152 Å². The molecule has 136 valence electrons. The van der Waals surface area contributed by atoms with Gasteiger partial charge in [-0.3, -0.25) is 4.79 Å². The number of hydrogen-bond acceptors (Lipinski definition) is 5. The lowest BCUT2D eigenvalue weighted by molar-refractivity contribution is 0.0729. The zero-order valence-corrected chi connectivity index (χ0v) is 15.8. The molecule has 26 heavy (non-hydrogen) atoms. The molecule has 7 heteroatoms. The number of oxazole rings is 1. The Morgan fingerprint density at radius 2 is 2.00 bits per heavy atom. The van der Waals surface area contributed by atoms with Crippen LogP contribution in [0.3, 0.4) is 0 Å². The van der Waals surface area contributed by atoms with E-state index in [1.54, 1.807) is 4.52 Å². The number of carbonyl (C=O) groups excluding carboxylic acids is 1. The number of carbonyl (C=O) groups is 1. The molecule has 0 N–H and O–H groups in total. The molecule has 7 nitrogen and oxygen atoms in total. The first-order chi connectivity index (χ1) is 12.3. The summed E-state index contributed by atoms with van der Waals surface area (Å²) in [5.74, 6) is 1.83. The summed E-state index contributed by atoms with van der Waals surface area (Å²) in [5, 5.41) is 4.51. The van der Waals surface area contributed by atoms with Gasteiger partial charge >= 0.3 is 0 Å². The van der Waals surface area contributed by atoms with Gasteiger partial charge in [-0.15, -0.1) is 0 Å². The summed E-state index contributed by atoms with van der Waals surface area (Å²) in [4.78, 5) is 24.2. The molecule has 0 bridgehead atoms. The molecule has 0 atom stereocenters. The average Bonchev–Trinajstić information content (AvgIpc) is 3.14. The van der Waals surface area contributed by atoms with Gasteiger partial charge in [-0.1, -0.05) is 13.8 Å². The smallest absolute Gasteiger partial charge is 0.259 e. The van der Waals surface area contributed by atoms with E-state index in [0.717, 1.165) is 28.7 Å². The van der Waals surface area contributed by atoms with Crippen molar-refractivity contribution in [1.82, 2.24) is 24.5 Å². The van der Waals surface area contributed by atoms with E-state index in [1.807, 2.05) is 31.7 Å². The van der Waals surface area contributed by atoms with Crippen molar-refractivity contribution in [2.24, 2.45) is 0 Å². The van der Waals surface area contributed by atoms with Gasteiger partial charge in [-0.25, -0.2) is 14.5 Å². The second-order valence-corrected chi connectivity index (χ2v) is 7.29. The van der Waals surface area contributed by atoms with Crippen LogP contribution in [0.2, 0.25) is 0 Å². The van der Waals surface area contributed by atoms with Gasteiger partial charge in [0.2, 0.25) is 0 Å². The van der Waals surface area contributed by atoms with Crippen LogP contribution in [0.15, 0.2) is 10.5 Å². The normalized spacial score (nSPS) is 14.3. The minimum atomic E-state index is -0.0465. The van der Waals surface area contributed by atoms with Crippen LogP contribution in [0.4, 0.5) is 0 Å². The van der Waals surface area contributed by atoms with Gasteiger partial charge < -0.3 is 9.32 Å². The topological polar surface area (TPSA) is 76.5 Å². The highest BCUT2D eigenvalue weighted by molar-refractivity contribution is 6.01. The lowest BCUT2D eigenvalue weighted by Gasteiger charge is -2.25. The first-order valence-electron chi connectivity index (χ1n) is 8.96. The quantitative estimate of drug-likeness (QED) is 0.708. The van der Waals surface area contributed by atoms with Crippen LogP contribution in [0.25, 0.3) is 5.65 Å². The Morgan fingerprint density at radius 1 is 1.23 bits per heavy atom. The zero-order chi connectivity index (χ0) is 18.6. The molecule has 0 spiro atoms. The maximum Gasteiger partial charge on any atom is 0.259 e. The highest BCUT2D eigenvalue weighted by Gasteiger charge is 2.30. The Kier molecular flexibility index (Phi) is 3.82. The summed E-state index contributed by atoms with van der Waals surface area (Å²) in [6.45, 7) is 10.9. The van der Waals surface area contributed by atoms with Crippen molar-refractivity contribution in [2.45, 2.75) is 53.5 Å². The molecule has 1 aliphatic rings. The number of rotatable bonds is 2. The van der Waals surface area contributed by atoms with E-state index < -0.39 is 0 Å². The van der Waals surface area contributed by atoms with Gasteiger partial charge in [0.05, 0.1) is 12.2 Å². The highest BCUT2D eigenvalue weighted by Crippen LogP contribution is 2.26. The molecule has 0 aliphatic carbocycles. The number of hydrogen-bond donors (Lipinski definition) is 0. The van der Waals surface area contributed by atoms with Crippen LogP contribution in [-0.4, -0.2) is 36.9 Å². The van der Waals surface area contributed by atoms with E-state index >= 15 is 0 Å². The van der Waals surface area contributed by atoms with Crippen molar-refractivity contribution in [3.05, 3.63) is 46.1 Å². The zero-order valence-electron chi connectivity index (χ0n) is 15.8. The van der Waals surface area contributed by atoms with E-state index in [0.29, 0.717) is 36.4 Å². The van der Waals surface area contributed by atoms with E-state index in [2.05, 4.69) is 28.9 Å². The summed E-state index contributed by atoms with van der Waals surface area (Å²) in [6, 6.07) is 1.96. The number of aryl methyl sites for hydroxylation is 3. The Hall–Kier alpha value is -2.70. The lowest BCUT2D eigenvalue weighted by Crippen LogP contribution is -2.36.